The standard InChI is InChI=1S/C15H22ClN3O4S/c1-2-3-4-18-5-7-19(8-6-18)13-10-12(16)11(15(20)21)9-14(13)24(17,22)23/h9-10H,2-8H2,1H3,(H,20,21)(H2,17,22,23). The Kier molecular flexibility index (Phi) is 6.08. The Labute approximate surface area is 147 Å². The third-order valence-corrected chi connectivity index (χ3v) is 5.38. The van der Waals surface area contributed by atoms with Gasteiger partial charge in [-0.25, -0.2) is 18.4 Å². The first-order chi connectivity index (χ1) is 11.2. The van der Waals surface area contributed by atoms with Crippen LogP contribution in [0.1, 0.15) is 30.1 Å². The second kappa shape index (κ2) is 7.69. The van der Waals surface area contributed by atoms with Crippen LogP contribution in [0.15, 0.2) is 17.0 Å². The second-order valence-corrected chi connectivity index (χ2v) is 7.77. The lowest BCUT2D eigenvalue weighted by Gasteiger charge is -2.36. The fraction of sp³-hybridized carbons (Fsp3) is 0.533. The van der Waals surface area contributed by atoms with Crippen molar-refractivity contribution in [2.24, 2.45) is 5.14 Å². The molecule has 0 saturated carbocycles. The molecule has 0 amide bonds. The largest absolute Gasteiger partial charge is 0.478 e. The Balaban J connectivity index is 2.30. The lowest BCUT2D eigenvalue weighted by atomic mass is 10.1. The molecule has 2 rings (SSSR count). The zero-order valence-electron chi connectivity index (χ0n) is 13.5. The topological polar surface area (TPSA) is 104 Å². The summed E-state index contributed by atoms with van der Waals surface area (Å²) in [6, 6.07) is 2.42. The number of primary sulfonamides is 1. The number of piperazine rings is 1. The number of carboxylic acid groups (broad SMARTS) is 1. The molecule has 9 heteroatoms. The number of carbonyl (C=O) groups is 1. The zero-order valence-corrected chi connectivity index (χ0v) is 15.1. The number of aromatic carboxylic acids is 1. The Morgan fingerprint density at radius 1 is 1.29 bits per heavy atom. The van der Waals surface area contributed by atoms with E-state index >= 15 is 0 Å². The van der Waals surface area contributed by atoms with Crippen LogP contribution >= 0.6 is 11.6 Å². The summed E-state index contributed by atoms with van der Waals surface area (Å²) in [6.07, 6.45) is 2.25. The van der Waals surface area contributed by atoms with Gasteiger partial charge in [0, 0.05) is 26.2 Å². The Bertz CT molecular complexity index is 716. The molecule has 1 aromatic carbocycles. The van der Waals surface area contributed by atoms with Crippen molar-refractivity contribution in [2.45, 2.75) is 24.7 Å². The van der Waals surface area contributed by atoms with Gasteiger partial charge >= 0.3 is 5.97 Å². The summed E-state index contributed by atoms with van der Waals surface area (Å²) in [5.74, 6) is -1.29. The van der Waals surface area contributed by atoms with E-state index in [1.165, 1.54) is 6.07 Å². The van der Waals surface area contributed by atoms with Crippen molar-refractivity contribution in [3.8, 4) is 0 Å². The van der Waals surface area contributed by atoms with E-state index in [1.54, 1.807) is 0 Å². The first-order valence-corrected chi connectivity index (χ1v) is 9.73. The molecule has 0 aliphatic carbocycles. The summed E-state index contributed by atoms with van der Waals surface area (Å²) in [5, 5.41) is 14.4. The molecule has 0 unspecified atom stereocenters. The van der Waals surface area contributed by atoms with Gasteiger partial charge in [-0.05, 0) is 25.1 Å². The molecule has 0 spiro atoms. The Morgan fingerprint density at radius 3 is 2.42 bits per heavy atom. The number of hydrogen-bond donors (Lipinski definition) is 2. The fourth-order valence-electron chi connectivity index (χ4n) is 2.78. The van der Waals surface area contributed by atoms with Crippen molar-refractivity contribution in [2.75, 3.05) is 37.6 Å². The Morgan fingerprint density at radius 2 is 1.92 bits per heavy atom. The first kappa shape index (κ1) is 19.0. The van der Waals surface area contributed by atoms with Gasteiger partial charge in [-0.15, -0.1) is 0 Å². The molecule has 1 fully saturated rings. The third-order valence-electron chi connectivity index (χ3n) is 4.13. The quantitative estimate of drug-likeness (QED) is 0.782. The molecule has 3 N–H and O–H groups in total. The van der Waals surface area contributed by atoms with Crippen LogP contribution < -0.4 is 10.0 Å². The number of halogens is 1. The van der Waals surface area contributed by atoms with E-state index in [2.05, 4.69) is 11.8 Å². The van der Waals surface area contributed by atoms with E-state index in [1.807, 2.05) is 4.90 Å². The average Bonchev–Trinajstić information content (AvgIpc) is 2.51. The molecule has 1 aromatic rings. The minimum absolute atomic E-state index is 0.00156. The molecule has 0 aromatic heterocycles. The average molecular weight is 376 g/mol. The van der Waals surface area contributed by atoms with Crippen LogP contribution in [0.5, 0.6) is 0 Å². The van der Waals surface area contributed by atoms with Crippen molar-refractivity contribution in [1.29, 1.82) is 0 Å². The van der Waals surface area contributed by atoms with Crippen molar-refractivity contribution in [3.63, 3.8) is 0 Å². The molecule has 0 radical (unpaired) electrons. The van der Waals surface area contributed by atoms with E-state index in [0.717, 1.165) is 38.5 Å². The van der Waals surface area contributed by atoms with E-state index in [0.29, 0.717) is 18.8 Å². The van der Waals surface area contributed by atoms with Crippen LogP contribution in [0.4, 0.5) is 5.69 Å². The van der Waals surface area contributed by atoms with E-state index in [4.69, 9.17) is 21.8 Å². The predicted octanol–water partition coefficient (Wildman–Crippen LogP) is 1.61. The smallest absolute Gasteiger partial charge is 0.337 e. The van der Waals surface area contributed by atoms with Gasteiger partial charge in [-0.3, -0.25) is 4.90 Å². The maximum Gasteiger partial charge on any atom is 0.337 e. The summed E-state index contributed by atoms with van der Waals surface area (Å²) in [7, 11) is -4.06. The van der Waals surface area contributed by atoms with Crippen molar-refractivity contribution < 1.29 is 18.3 Å². The maximum atomic E-state index is 11.9. The number of rotatable bonds is 6. The molecule has 1 saturated heterocycles. The van der Waals surface area contributed by atoms with Crippen molar-refractivity contribution in [1.82, 2.24) is 4.90 Å². The van der Waals surface area contributed by atoms with Crippen molar-refractivity contribution in [3.05, 3.63) is 22.7 Å². The molecule has 7 nitrogen and oxygen atoms in total. The normalized spacial score (nSPS) is 16.4. The van der Waals surface area contributed by atoms with Crippen molar-refractivity contribution >= 4 is 33.3 Å². The second-order valence-electron chi connectivity index (χ2n) is 5.83. The number of nitrogens with zero attached hydrogens (tertiary/aromatic N) is 2. The zero-order chi connectivity index (χ0) is 17.9. The number of anilines is 1. The monoisotopic (exact) mass is 375 g/mol. The molecule has 1 heterocycles. The highest BCUT2D eigenvalue weighted by molar-refractivity contribution is 7.89. The number of benzene rings is 1. The highest BCUT2D eigenvalue weighted by Crippen LogP contribution is 2.31. The molecule has 1 aliphatic heterocycles. The molecule has 0 atom stereocenters. The summed E-state index contributed by atoms with van der Waals surface area (Å²) in [4.78, 5) is 15.2. The van der Waals surface area contributed by atoms with Gasteiger partial charge < -0.3 is 10.0 Å². The number of carboxylic acids is 1. The SMILES string of the molecule is CCCCN1CCN(c2cc(Cl)c(C(=O)O)cc2S(N)(=O)=O)CC1. The lowest BCUT2D eigenvalue weighted by Crippen LogP contribution is -2.47. The van der Waals surface area contributed by atoms with E-state index in [9.17, 15) is 13.2 Å². The van der Waals surface area contributed by atoms with Crippen LogP contribution in [0.25, 0.3) is 0 Å². The highest BCUT2D eigenvalue weighted by Gasteiger charge is 2.26. The number of hydrogen-bond acceptors (Lipinski definition) is 5. The van der Waals surface area contributed by atoms with Gasteiger partial charge in [0.15, 0.2) is 0 Å². The van der Waals surface area contributed by atoms with Gasteiger partial charge in [0.05, 0.1) is 16.3 Å². The van der Waals surface area contributed by atoms with Crippen LogP contribution in [-0.4, -0.2) is 57.1 Å². The number of unbranched alkanes of at least 4 members (excludes halogenated alkanes) is 1. The maximum absolute atomic E-state index is 11.9. The van der Waals surface area contributed by atoms with E-state index in [-0.39, 0.29) is 15.5 Å². The van der Waals surface area contributed by atoms with Crippen LogP contribution in [0.2, 0.25) is 5.02 Å². The molecule has 134 valence electrons. The summed E-state index contributed by atoms with van der Waals surface area (Å²) >= 11 is 6.01. The first-order valence-electron chi connectivity index (χ1n) is 7.81. The van der Waals surface area contributed by atoms with Crippen LogP contribution in [-0.2, 0) is 10.0 Å². The van der Waals surface area contributed by atoms with E-state index < -0.39 is 16.0 Å². The minimum atomic E-state index is -4.06. The summed E-state index contributed by atoms with van der Waals surface area (Å²) in [6.45, 7) is 6.04. The van der Waals surface area contributed by atoms with Gasteiger partial charge in [-0.1, -0.05) is 24.9 Å². The van der Waals surface area contributed by atoms with Gasteiger partial charge in [0.25, 0.3) is 0 Å². The van der Waals surface area contributed by atoms with Gasteiger partial charge in [-0.2, -0.15) is 0 Å². The molecule has 1 aliphatic rings. The van der Waals surface area contributed by atoms with Crippen LogP contribution in [0.3, 0.4) is 0 Å². The number of sulfonamides is 1. The summed E-state index contributed by atoms with van der Waals surface area (Å²) in [5.41, 5.74) is 0.0914. The summed E-state index contributed by atoms with van der Waals surface area (Å²) < 4.78 is 23.8. The lowest BCUT2D eigenvalue weighted by molar-refractivity contribution is 0.0697. The molecule has 0 bridgehead atoms. The fourth-order valence-corrected chi connectivity index (χ4v) is 3.78. The van der Waals surface area contributed by atoms with Gasteiger partial charge in [0.2, 0.25) is 10.0 Å². The highest BCUT2D eigenvalue weighted by atomic mass is 35.5. The molecular weight excluding hydrogens is 354 g/mol. The molecule has 24 heavy (non-hydrogen) atoms. The number of nitrogens with two attached hydrogens (primary N) is 1. The third kappa shape index (κ3) is 4.38. The minimum Gasteiger partial charge on any atom is -0.478 e. The Hall–Kier alpha value is -1.35. The predicted molar refractivity (Wildman–Crippen MR) is 93.3 cm³/mol. The van der Waals surface area contributed by atoms with Crippen LogP contribution in [0, 0.1) is 0 Å². The van der Waals surface area contributed by atoms with Gasteiger partial charge in [0.1, 0.15) is 4.90 Å². The molecular formula is C15H22ClN3O4S.